The maximum atomic E-state index is 12.6. The van der Waals surface area contributed by atoms with Gasteiger partial charge >= 0.3 is 5.97 Å². The number of nitro groups is 1. The maximum Gasteiger partial charge on any atom is 0.320 e. The summed E-state index contributed by atoms with van der Waals surface area (Å²) in [6, 6.07) is 6.93. The summed E-state index contributed by atoms with van der Waals surface area (Å²) >= 11 is 3.32. The summed E-state index contributed by atoms with van der Waals surface area (Å²) in [5, 5.41) is 11.2. The second-order valence-electron chi connectivity index (χ2n) is 5.59. The largest absolute Gasteiger partial charge is 0.465 e. The highest BCUT2D eigenvalue weighted by atomic mass is 79.9. The van der Waals surface area contributed by atoms with Gasteiger partial charge in [0.05, 0.1) is 12.5 Å². The Kier molecular flexibility index (Phi) is 5.51. The van der Waals surface area contributed by atoms with E-state index in [2.05, 4.69) is 15.9 Å². The Morgan fingerprint density at radius 2 is 2.09 bits per heavy atom. The van der Waals surface area contributed by atoms with E-state index in [9.17, 15) is 19.7 Å². The van der Waals surface area contributed by atoms with Crippen molar-refractivity contribution in [3.8, 4) is 0 Å². The minimum atomic E-state index is -1.45. The number of rotatable bonds is 6. The molecule has 0 amide bonds. The molecule has 1 aliphatic carbocycles. The molecular weight excluding hydrogens is 366 g/mol. The molecule has 0 unspecified atom stereocenters. The third-order valence-electron chi connectivity index (χ3n) is 4.31. The molecule has 1 fully saturated rings. The van der Waals surface area contributed by atoms with Gasteiger partial charge in [-0.25, -0.2) is 0 Å². The van der Waals surface area contributed by atoms with Crippen LogP contribution >= 0.6 is 15.9 Å². The van der Waals surface area contributed by atoms with E-state index >= 15 is 0 Å². The summed E-state index contributed by atoms with van der Waals surface area (Å²) < 4.78 is 5.94. The Labute approximate surface area is 142 Å². The summed E-state index contributed by atoms with van der Waals surface area (Å²) in [6.07, 6.45) is 1.09. The zero-order chi connectivity index (χ0) is 17.0. The van der Waals surface area contributed by atoms with E-state index in [1.807, 2.05) is 0 Å². The molecule has 2 rings (SSSR count). The maximum absolute atomic E-state index is 12.6. The summed E-state index contributed by atoms with van der Waals surface area (Å²) in [4.78, 5) is 35.8. The highest BCUT2D eigenvalue weighted by Gasteiger charge is 2.57. The van der Waals surface area contributed by atoms with Crippen molar-refractivity contribution in [3.63, 3.8) is 0 Å². The van der Waals surface area contributed by atoms with E-state index in [0.29, 0.717) is 18.4 Å². The van der Waals surface area contributed by atoms with Crippen molar-refractivity contribution < 1.29 is 19.2 Å². The van der Waals surface area contributed by atoms with Gasteiger partial charge in [-0.1, -0.05) is 28.1 Å². The van der Waals surface area contributed by atoms with Crippen LogP contribution in [-0.2, 0) is 14.3 Å². The van der Waals surface area contributed by atoms with Gasteiger partial charge in [0, 0.05) is 15.8 Å². The van der Waals surface area contributed by atoms with Crippen LogP contribution in [-0.4, -0.2) is 29.8 Å². The summed E-state index contributed by atoms with van der Waals surface area (Å²) in [5.41, 5.74) is -0.843. The van der Waals surface area contributed by atoms with Crippen molar-refractivity contribution in [1.29, 1.82) is 0 Å². The lowest BCUT2D eigenvalue weighted by molar-refractivity contribution is -0.485. The number of ketones is 1. The van der Waals surface area contributed by atoms with Gasteiger partial charge in [-0.2, -0.15) is 0 Å². The van der Waals surface area contributed by atoms with Crippen molar-refractivity contribution in [2.75, 3.05) is 13.2 Å². The molecule has 0 heterocycles. The quantitative estimate of drug-likeness (QED) is 0.326. The first-order valence-electron chi connectivity index (χ1n) is 7.49. The summed E-state index contributed by atoms with van der Waals surface area (Å²) in [6.45, 7) is 1.32. The number of carbonyl (C=O) groups excluding carboxylic acids is 2. The molecule has 0 aliphatic heterocycles. The Morgan fingerprint density at radius 3 is 2.57 bits per heavy atom. The van der Waals surface area contributed by atoms with E-state index in [-0.39, 0.29) is 18.8 Å². The van der Waals surface area contributed by atoms with E-state index in [4.69, 9.17) is 4.74 Å². The third kappa shape index (κ3) is 3.44. The van der Waals surface area contributed by atoms with E-state index < -0.39 is 28.8 Å². The number of Topliss-reactive ketones (excluding diaryl/α,β-unsaturated/α-hetero) is 1. The minimum Gasteiger partial charge on any atom is -0.465 e. The number of esters is 1. The first kappa shape index (κ1) is 17.6. The van der Waals surface area contributed by atoms with Crippen LogP contribution in [0.1, 0.15) is 37.7 Å². The molecule has 0 spiro atoms. The van der Waals surface area contributed by atoms with Crippen LogP contribution in [0.15, 0.2) is 28.7 Å². The van der Waals surface area contributed by atoms with Crippen LogP contribution in [0.5, 0.6) is 0 Å². The Hall–Kier alpha value is -1.76. The van der Waals surface area contributed by atoms with Gasteiger partial charge in [0.25, 0.3) is 0 Å². The lowest BCUT2D eigenvalue weighted by atomic mass is 9.70. The second kappa shape index (κ2) is 7.21. The zero-order valence-electron chi connectivity index (χ0n) is 12.8. The number of hydrogen-bond acceptors (Lipinski definition) is 5. The molecule has 1 saturated carbocycles. The Balaban J connectivity index is 2.52. The molecule has 0 N–H and O–H groups in total. The topological polar surface area (TPSA) is 86.5 Å². The Morgan fingerprint density at radius 1 is 1.43 bits per heavy atom. The zero-order valence-corrected chi connectivity index (χ0v) is 14.4. The van der Waals surface area contributed by atoms with Crippen LogP contribution < -0.4 is 0 Å². The summed E-state index contributed by atoms with van der Waals surface area (Å²) in [7, 11) is 0. The van der Waals surface area contributed by atoms with Crippen LogP contribution in [0, 0.1) is 15.5 Å². The number of halogens is 1. The molecule has 1 aromatic carbocycles. The average molecular weight is 384 g/mol. The van der Waals surface area contributed by atoms with Crippen LogP contribution in [0.4, 0.5) is 0 Å². The second-order valence-corrected chi connectivity index (χ2v) is 6.50. The van der Waals surface area contributed by atoms with Crippen LogP contribution in [0.3, 0.4) is 0 Å². The molecule has 23 heavy (non-hydrogen) atoms. The third-order valence-corrected chi connectivity index (χ3v) is 4.84. The van der Waals surface area contributed by atoms with Gasteiger partial charge in [0.1, 0.15) is 5.41 Å². The highest BCUT2D eigenvalue weighted by molar-refractivity contribution is 9.10. The van der Waals surface area contributed by atoms with Gasteiger partial charge < -0.3 is 4.74 Å². The minimum absolute atomic E-state index is 0.138. The molecule has 6 nitrogen and oxygen atoms in total. The summed E-state index contributed by atoms with van der Waals surface area (Å²) in [5.74, 6) is -1.72. The normalized spacial score (nSPS) is 21.9. The molecule has 0 bridgehead atoms. The van der Waals surface area contributed by atoms with Crippen molar-refractivity contribution in [3.05, 3.63) is 44.4 Å². The van der Waals surface area contributed by atoms with Crippen molar-refractivity contribution >= 4 is 27.7 Å². The van der Waals surface area contributed by atoms with Gasteiger partial charge in [0.2, 0.25) is 6.54 Å². The first-order valence-corrected chi connectivity index (χ1v) is 8.29. The Bertz CT molecular complexity index is 615. The standard InChI is InChI=1S/C16H18BrNO5/c1-2-23-15(20)16(9-3-4-14(16)19)13(10-18(21)22)11-5-7-12(17)8-6-11/h5-8,13H,2-4,9-10H2,1H3/t13-,16-/m0/s1. The highest BCUT2D eigenvalue weighted by Crippen LogP contribution is 2.47. The fourth-order valence-electron chi connectivity index (χ4n) is 3.27. The van der Waals surface area contributed by atoms with E-state index in [1.54, 1.807) is 31.2 Å². The monoisotopic (exact) mass is 383 g/mol. The number of benzene rings is 1. The lowest BCUT2D eigenvalue weighted by Gasteiger charge is -2.31. The van der Waals surface area contributed by atoms with E-state index in [1.165, 1.54) is 0 Å². The van der Waals surface area contributed by atoms with Gasteiger partial charge in [-0.3, -0.25) is 19.7 Å². The number of nitrogens with zero attached hydrogens (tertiary/aromatic N) is 1. The van der Waals surface area contributed by atoms with Gasteiger partial charge in [0.15, 0.2) is 5.78 Å². The average Bonchev–Trinajstić information content (AvgIpc) is 2.88. The smallest absolute Gasteiger partial charge is 0.320 e. The molecular formula is C16H18BrNO5. The first-order chi connectivity index (χ1) is 10.9. The van der Waals surface area contributed by atoms with Crippen LogP contribution in [0.2, 0.25) is 0 Å². The molecule has 0 saturated heterocycles. The van der Waals surface area contributed by atoms with Crippen molar-refractivity contribution in [1.82, 2.24) is 0 Å². The fraction of sp³-hybridized carbons (Fsp3) is 0.500. The molecule has 1 aliphatic rings. The van der Waals surface area contributed by atoms with Crippen molar-refractivity contribution in [2.45, 2.75) is 32.1 Å². The number of hydrogen-bond donors (Lipinski definition) is 0. The molecule has 1 aromatic rings. The fourth-order valence-corrected chi connectivity index (χ4v) is 3.53. The molecule has 7 heteroatoms. The van der Waals surface area contributed by atoms with Gasteiger partial charge in [-0.05, 0) is 37.5 Å². The predicted molar refractivity (Wildman–Crippen MR) is 86.7 cm³/mol. The van der Waals surface area contributed by atoms with Gasteiger partial charge in [-0.15, -0.1) is 0 Å². The van der Waals surface area contributed by atoms with E-state index in [0.717, 1.165) is 4.47 Å². The number of carbonyl (C=O) groups is 2. The number of ether oxygens (including phenoxy) is 1. The molecule has 0 aromatic heterocycles. The molecule has 124 valence electrons. The SMILES string of the molecule is CCOC(=O)[C@]1([C@@H](C[N+](=O)[O-])c2ccc(Br)cc2)CCCC1=O. The lowest BCUT2D eigenvalue weighted by Crippen LogP contribution is -2.44. The van der Waals surface area contributed by atoms with Crippen molar-refractivity contribution in [2.24, 2.45) is 5.41 Å². The van der Waals surface area contributed by atoms with Crippen LogP contribution in [0.25, 0.3) is 0 Å². The molecule has 2 atom stereocenters. The predicted octanol–water partition coefficient (Wildman–Crippen LogP) is 3.11. The molecule has 0 radical (unpaired) electrons.